The molecule has 0 spiro atoms. The van der Waals surface area contributed by atoms with Crippen LogP contribution in [0.25, 0.3) is 0 Å². The lowest BCUT2D eigenvalue weighted by Crippen LogP contribution is -2.58. The second kappa shape index (κ2) is 11.2. The zero-order valence-electron chi connectivity index (χ0n) is 21.9. The highest BCUT2D eigenvalue weighted by Crippen LogP contribution is 2.52. The summed E-state index contributed by atoms with van der Waals surface area (Å²) in [5, 5.41) is 0.788. The van der Waals surface area contributed by atoms with Crippen LogP contribution in [0.2, 0.25) is 10.0 Å². The highest BCUT2D eigenvalue weighted by molar-refractivity contribution is 7.90. The van der Waals surface area contributed by atoms with Crippen molar-refractivity contribution in [3.05, 3.63) is 69.7 Å². The molecule has 4 atom stereocenters. The minimum absolute atomic E-state index is 0.112. The van der Waals surface area contributed by atoms with Crippen molar-refractivity contribution >= 4 is 45.0 Å². The van der Waals surface area contributed by atoms with Crippen molar-refractivity contribution in [2.75, 3.05) is 13.6 Å². The van der Waals surface area contributed by atoms with Crippen LogP contribution in [0.5, 0.6) is 0 Å². The van der Waals surface area contributed by atoms with E-state index in [4.69, 9.17) is 28.9 Å². The number of rotatable bonds is 10. The maximum atomic E-state index is 14.4. The van der Waals surface area contributed by atoms with E-state index < -0.39 is 33.4 Å². The molecule has 1 saturated heterocycles. The molecule has 2 aliphatic rings. The number of piperidine rings is 1. The van der Waals surface area contributed by atoms with E-state index in [1.165, 1.54) is 4.31 Å². The minimum Gasteiger partial charge on any atom is -0.370 e. The van der Waals surface area contributed by atoms with Gasteiger partial charge in [0, 0.05) is 42.0 Å². The van der Waals surface area contributed by atoms with Crippen molar-refractivity contribution in [3.63, 3.8) is 0 Å². The first-order valence-electron chi connectivity index (χ1n) is 12.9. The molecule has 1 aliphatic heterocycles. The van der Waals surface area contributed by atoms with Gasteiger partial charge in [0.2, 0.25) is 21.8 Å². The van der Waals surface area contributed by atoms with Gasteiger partial charge in [0.25, 0.3) is 0 Å². The molecule has 2 amide bonds. The zero-order chi connectivity index (χ0) is 27.8. The topological polar surface area (TPSA) is 101 Å². The fourth-order valence-electron chi connectivity index (χ4n) is 5.77. The Kier molecular flexibility index (Phi) is 8.48. The normalized spacial score (nSPS) is 25.0. The second-order valence-electron chi connectivity index (χ2n) is 10.9. The van der Waals surface area contributed by atoms with E-state index >= 15 is 0 Å². The largest absolute Gasteiger partial charge is 0.370 e. The number of carbonyl (C=O) groups excluding carboxylic acids is 2. The molecule has 2 aromatic rings. The van der Waals surface area contributed by atoms with Gasteiger partial charge >= 0.3 is 0 Å². The average Bonchev–Trinajstić information content (AvgIpc) is 3.70. The predicted octanol–water partition coefficient (Wildman–Crippen LogP) is 5.13. The van der Waals surface area contributed by atoms with E-state index in [9.17, 15) is 18.0 Å². The van der Waals surface area contributed by atoms with Gasteiger partial charge in [-0.3, -0.25) is 9.59 Å². The Labute approximate surface area is 235 Å². The Morgan fingerprint density at radius 3 is 2.34 bits per heavy atom. The second-order valence-corrected chi connectivity index (χ2v) is 14.1. The van der Waals surface area contributed by atoms with Crippen LogP contribution in [-0.4, -0.2) is 54.3 Å². The summed E-state index contributed by atoms with van der Waals surface area (Å²) in [7, 11) is -1.87. The molecular formula is C28H35Cl2N3O4S. The fourth-order valence-corrected chi connectivity index (χ4v) is 7.71. The summed E-state index contributed by atoms with van der Waals surface area (Å²) in [6.07, 6.45) is 2.11. The van der Waals surface area contributed by atoms with Gasteiger partial charge in [-0.05, 0) is 61.1 Å². The van der Waals surface area contributed by atoms with E-state index in [0.29, 0.717) is 35.7 Å². The molecule has 2 N–H and O–H groups in total. The van der Waals surface area contributed by atoms with Gasteiger partial charge in [0.05, 0.1) is 16.7 Å². The number of nitrogens with two attached hydrogens (primary N) is 1. The lowest BCUT2D eigenvalue weighted by atomic mass is 9.67. The molecule has 0 radical (unpaired) electrons. The number of halogens is 2. The first-order valence-corrected chi connectivity index (χ1v) is 15.2. The third-order valence-electron chi connectivity index (χ3n) is 7.87. The molecule has 206 valence electrons. The number of likely N-dealkylation sites (tertiary alicyclic amines) is 1. The molecule has 4 rings (SSSR count). The first-order chi connectivity index (χ1) is 17.9. The molecular weight excluding hydrogens is 545 g/mol. The highest BCUT2D eigenvalue weighted by atomic mass is 35.5. The van der Waals surface area contributed by atoms with Crippen LogP contribution in [0.3, 0.4) is 0 Å². The van der Waals surface area contributed by atoms with E-state index in [1.807, 2.05) is 37.3 Å². The van der Waals surface area contributed by atoms with Crippen LogP contribution in [0.15, 0.2) is 48.5 Å². The van der Waals surface area contributed by atoms with Crippen LogP contribution in [-0.2, 0) is 19.6 Å². The SMILES string of the molecule is CC[C@@H](CN(C)S(=O)(=O)C1CC1)N1C(=O)[C@@](C)(CC(N)=O)CC(c2cccc(Cl)c2)[C@H]1c1ccc(Cl)cc1. The van der Waals surface area contributed by atoms with Crippen LogP contribution in [0, 0.1) is 5.41 Å². The van der Waals surface area contributed by atoms with E-state index in [-0.39, 0.29) is 30.0 Å². The zero-order valence-corrected chi connectivity index (χ0v) is 24.3. The summed E-state index contributed by atoms with van der Waals surface area (Å²) in [4.78, 5) is 28.3. The van der Waals surface area contributed by atoms with Gasteiger partial charge in [-0.25, -0.2) is 12.7 Å². The van der Waals surface area contributed by atoms with E-state index in [0.717, 1.165) is 11.1 Å². The third kappa shape index (κ3) is 5.88. The van der Waals surface area contributed by atoms with Gasteiger partial charge < -0.3 is 10.6 Å². The lowest BCUT2D eigenvalue weighted by molar-refractivity contribution is -0.157. The maximum absolute atomic E-state index is 14.4. The number of primary amides is 1. The van der Waals surface area contributed by atoms with Crippen molar-refractivity contribution in [1.29, 1.82) is 0 Å². The Bertz CT molecular complexity index is 1300. The van der Waals surface area contributed by atoms with Crippen molar-refractivity contribution in [2.24, 2.45) is 11.1 Å². The quantitative estimate of drug-likeness (QED) is 0.421. The Hall–Kier alpha value is -2.13. The van der Waals surface area contributed by atoms with Crippen molar-refractivity contribution in [1.82, 2.24) is 9.21 Å². The molecule has 38 heavy (non-hydrogen) atoms. The average molecular weight is 581 g/mol. The third-order valence-corrected chi connectivity index (χ3v) is 10.7. The standard InChI is InChI=1S/C28H35Cl2N3O4S/c1-4-22(17-32(3)38(36,37)23-12-13-23)33-26(18-8-10-20(29)11-9-18)24(19-6-5-7-21(30)14-19)15-28(2,27(33)35)16-25(31)34/h5-11,14,22-24,26H,4,12-13,15-17H2,1-3H3,(H2,31,34)/t22-,24?,26+,28+/m0/s1. The minimum atomic E-state index is -3.45. The molecule has 2 aromatic carbocycles. The first kappa shape index (κ1) is 28.9. The Balaban J connectivity index is 1.86. The van der Waals surface area contributed by atoms with Crippen molar-refractivity contribution in [3.8, 4) is 0 Å². The molecule has 1 aliphatic carbocycles. The maximum Gasteiger partial charge on any atom is 0.229 e. The van der Waals surface area contributed by atoms with Gasteiger partial charge in [-0.15, -0.1) is 0 Å². The molecule has 10 heteroatoms. The smallest absolute Gasteiger partial charge is 0.229 e. The van der Waals surface area contributed by atoms with Gasteiger partial charge in [0.15, 0.2) is 0 Å². The molecule has 0 aromatic heterocycles. The van der Waals surface area contributed by atoms with Crippen LogP contribution >= 0.6 is 23.2 Å². The fraction of sp³-hybridized carbons (Fsp3) is 0.500. The van der Waals surface area contributed by atoms with Crippen LogP contribution in [0.1, 0.15) is 69.0 Å². The molecule has 2 fully saturated rings. The lowest BCUT2D eigenvalue weighted by Gasteiger charge is -2.52. The summed E-state index contributed by atoms with van der Waals surface area (Å²) in [5.41, 5.74) is 6.38. The summed E-state index contributed by atoms with van der Waals surface area (Å²) in [6.45, 7) is 3.88. The molecule has 1 heterocycles. The number of benzene rings is 2. The van der Waals surface area contributed by atoms with E-state index in [1.54, 1.807) is 37.1 Å². The Morgan fingerprint density at radius 2 is 1.79 bits per heavy atom. The summed E-state index contributed by atoms with van der Waals surface area (Å²) in [6, 6.07) is 14.0. The van der Waals surface area contributed by atoms with Crippen LogP contribution in [0.4, 0.5) is 0 Å². The predicted molar refractivity (Wildman–Crippen MR) is 150 cm³/mol. The van der Waals surface area contributed by atoms with Crippen molar-refractivity contribution in [2.45, 2.75) is 69.2 Å². The number of hydrogen-bond acceptors (Lipinski definition) is 4. The van der Waals surface area contributed by atoms with Crippen molar-refractivity contribution < 1.29 is 18.0 Å². The summed E-state index contributed by atoms with van der Waals surface area (Å²) >= 11 is 12.6. The number of amides is 2. The number of carbonyl (C=O) groups is 2. The summed E-state index contributed by atoms with van der Waals surface area (Å²) < 4.78 is 27.4. The number of hydrogen-bond donors (Lipinski definition) is 1. The van der Waals surface area contributed by atoms with E-state index in [2.05, 4.69) is 0 Å². The number of likely N-dealkylation sites (N-methyl/N-ethyl adjacent to an activating group) is 1. The molecule has 0 bridgehead atoms. The number of nitrogens with zero attached hydrogens (tertiary/aromatic N) is 2. The van der Waals surface area contributed by atoms with Gasteiger partial charge in [-0.2, -0.15) is 0 Å². The molecule has 1 saturated carbocycles. The van der Waals surface area contributed by atoms with Gasteiger partial charge in [0.1, 0.15) is 0 Å². The summed E-state index contributed by atoms with van der Waals surface area (Å²) in [5.74, 6) is -0.994. The highest BCUT2D eigenvalue weighted by Gasteiger charge is 2.52. The number of sulfonamides is 1. The van der Waals surface area contributed by atoms with Gasteiger partial charge in [-0.1, -0.05) is 61.3 Å². The molecule has 7 nitrogen and oxygen atoms in total. The Morgan fingerprint density at radius 1 is 1.13 bits per heavy atom. The molecule has 1 unspecified atom stereocenters. The van der Waals surface area contributed by atoms with Crippen LogP contribution < -0.4 is 5.73 Å². The monoisotopic (exact) mass is 579 g/mol.